The van der Waals surface area contributed by atoms with Gasteiger partial charge in [-0.2, -0.15) is 0 Å². The van der Waals surface area contributed by atoms with Gasteiger partial charge in [0.15, 0.2) is 0 Å². The lowest BCUT2D eigenvalue weighted by Gasteiger charge is -2.42. The van der Waals surface area contributed by atoms with Crippen LogP contribution in [0.5, 0.6) is 0 Å². The zero-order valence-corrected chi connectivity index (χ0v) is 24.8. The third-order valence-corrected chi connectivity index (χ3v) is 10.2. The van der Waals surface area contributed by atoms with E-state index in [-0.39, 0.29) is 0 Å². The third kappa shape index (κ3) is 3.46. The molecule has 1 aromatic heterocycles. The number of hydrogen-bond acceptors (Lipinski definition) is 3. The zero-order chi connectivity index (χ0) is 28.7. The van der Waals surface area contributed by atoms with E-state index in [2.05, 4.69) is 157 Å². The van der Waals surface area contributed by atoms with Gasteiger partial charge in [-0.05, 0) is 72.1 Å². The smallest absolute Gasteiger partial charge is 0.0782 e. The van der Waals surface area contributed by atoms with Gasteiger partial charge in [-0.25, -0.2) is 0 Å². The molecule has 8 aromatic rings. The van der Waals surface area contributed by atoms with Crippen molar-refractivity contribution in [2.45, 2.75) is 13.8 Å². The maximum absolute atomic E-state index is 2.55. The van der Waals surface area contributed by atoms with E-state index in [1.165, 1.54) is 81.3 Å². The average molecular weight is 569 g/mol. The fourth-order valence-electron chi connectivity index (χ4n) is 7.05. The summed E-state index contributed by atoms with van der Waals surface area (Å²) >= 11 is 1.89. The molecule has 0 amide bonds. The second kappa shape index (κ2) is 9.19. The van der Waals surface area contributed by atoms with E-state index in [0.717, 1.165) is 5.69 Å². The first-order chi connectivity index (χ1) is 21.2. The van der Waals surface area contributed by atoms with Crippen LogP contribution in [0.1, 0.15) is 11.1 Å². The number of anilines is 6. The first-order valence-corrected chi connectivity index (χ1v) is 15.6. The lowest BCUT2D eigenvalue weighted by atomic mass is 9.94. The molecule has 2 heterocycles. The second-order valence-corrected chi connectivity index (χ2v) is 12.5. The molecule has 0 saturated heterocycles. The molecule has 0 N–H and O–H groups in total. The van der Waals surface area contributed by atoms with Crippen molar-refractivity contribution < 1.29 is 0 Å². The SMILES string of the molecule is Cc1cccc2c3c(ccc12)N(c1cccc2c1sc1ccccc12)c1c(ccc2c(C)cccc12)N3c1ccccc1. The van der Waals surface area contributed by atoms with Crippen molar-refractivity contribution in [1.82, 2.24) is 0 Å². The van der Waals surface area contributed by atoms with Crippen LogP contribution in [0.15, 0.2) is 133 Å². The molecule has 0 spiro atoms. The number of thiophene rings is 1. The fraction of sp³-hybridized carbons (Fsp3) is 0.0500. The quantitative estimate of drug-likeness (QED) is 0.205. The van der Waals surface area contributed by atoms with Crippen LogP contribution < -0.4 is 9.80 Å². The van der Waals surface area contributed by atoms with E-state index in [4.69, 9.17) is 0 Å². The highest BCUT2D eigenvalue weighted by Crippen LogP contribution is 2.59. The number of hydrogen-bond donors (Lipinski definition) is 0. The van der Waals surface area contributed by atoms with Crippen molar-refractivity contribution in [1.29, 1.82) is 0 Å². The Kier molecular flexibility index (Phi) is 5.23. The van der Waals surface area contributed by atoms with Gasteiger partial charge >= 0.3 is 0 Å². The van der Waals surface area contributed by atoms with Gasteiger partial charge in [0.2, 0.25) is 0 Å². The Morgan fingerprint density at radius 1 is 0.395 bits per heavy atom. The monoisotopic (exact) mass is 568 g/mol. The van der Waals surface area contributed by atoms with Crippen LogP contribution in [-0.2, 0) is 0 Å². The van der Waals surface area contributed by atoms with Crippen LogP contribution in [-0.4, -0.2) is 0 Å². The second-order valence-electron chi connectivity index (χ2n) is 11.5. The van der Waals surface area contributed by atoms with Gasteiger partial charge in [-0.3, -0.25) is 0 Å². The van der Waals surface area contributed by atoms with Crippen LogP contribution in [0.4, 0.5) is 34.1 Å². The molecule has 204 valence electrons. The first-order valence-electron chi connectivity index (χ1n) is 14.8. The summed E-state index contributed by atoms with van der Waals surface area (Å²) in [6.45, 7) is 4.43. The van der Waals surface area contributed by atoms with Gasteiger partial charge in [0.25, 0.3) is 0 Å². The van der Waals surface area contributed by atoms with E-state index in [9.17, 15) is 0 Å². The van der Waals surface area contributed by atoms with Crippen LogP contribution in [0.2, 0.25) is 0 Å². The van der Waals surface area contributed by atoms with Crippen molar-refractivity contribution >= 4 is 87.2 Å². The highest BCUT2D eigenvalue weighted by atomic mass is 32.1. The summed E-state index contributed by atoms with van der Waals surface area (Å²) in [7, 11) is 0. The average Bonchev–Trinajstić information content (AvgIpc) is 3.43. The minimum atomic E-state index is 1.16. The molecule has 43 heavy (non-hydrogen) atoms. The highest BCUT2D eigenvalue weighted by Gasteiger charge is 2.34. The molecule has 0 aliphatic carbocycles. The van der Waals surface area contributed by atoms with E-state index >= 15 is 0 Å². The van der Waals surface area contributed by atoms with E-state index < -0.39 is 0 Å². The Balaban J connectivity index is 1.48. The molecule has 0 radical (unpaired) electrons. The number of nitrogens with zero attached hydrogens (tertiary/aromatic N) is 2. The largest absolute Gasteiger partial charge is 0.306 e. The lowest BCUT2D eigenvalue weighted by Crippen LogP contribution is -2.24. The van der Waals surface area contributed by atoms with Gasteiger partial charge in [0.1, 0.15) is 0 Å². The number of fused-ring (bicyclic) bond motifs is 9. The fourth-order valence-corrected chi connectivity index (χ4v) is 8.26. The normalized spacial score (nSPS) is 12.8. The molecule has 9 rings (SSSR count). The van der Waals surface area contributed by atoms with E-state index in [1.807, 2.05) is 11.3 Å². The molecule has 1 aliphatic rings. The lowest BCUT2D eigenvalue weighted by molar-refractivity contribution is 1.19. The molecule has 1 aliphatic heterocycles. The molecule has 0 atom stereocenters. The Hall–Kier alpha value is -5.12. The molecule has 0 bridgehead atoms. The minimum absolute atomic E-state index is 1.16. The molecular formula is C40H28N2S. The molecule has 7 aromatic carbocycles. The number of benzene rings is 7. The van der Waals surface area contributed by atoms with Crippen molar-refractivity contribution in [2.75, 3.05) is 9.80 Å². The summed E-state index contributed by atoms with van der Waals surface area (Å²) in [5.41, 5.74) is 9.75. The Labute approximate surface area is 254 Å². The Morgan fingerprint density at radius 3 is 1.67 bits per heavy atom. The molecule has 3 heteroatoms. The summed E-state index contributed by atoms with van der Waals surface area (Å²) in [5.74, 6) is 0. The van der Waals surface area contributed by atoms with Gasteiger partial charge in [-0.15, -0.1) is 11.3 Å². The maximum atomic E-state index is 2.55. The maximum Gasteiger partial charge on any atom is 0.0782 e. The zero-order valence-electron chi connectivity index (χ0n) is 24.0. The van der Waals surface area contributed by atoms with Gasteiger partial charge in [-0.1, -0.05) is 97.1 Å². The number of rotatable bonds is 2. The van der Waals surface area contributed by atoms with E-state index in [1.54, 1.807) is 0 Å². The Morgan fingerprint density at radius 2 is 0.953 bits per heavy atom. The molecule has 0 saturated carbocycles. The van der Waals surface area contributed by atoms with Gasteiger partial charge < -0.3 is 9.80 Å². The minimum Gasteiger partial charge on any atom is -0.306 e. The molecule has 0 unspecified atom stereocenters. The summed E-state index contributed by atoms with van der Waals surface area (Å²) in [6.07, 6.45) is 0. The highest BCUT2D eigenvalue weighted by molar-refractivity contribution is 7.26. The van der Waals surface area contributed by atoms with Crippen LogP contribution >= 0.6 is 11.3 Å². The van der Waals surface area contributed by atoms with Crippen molar-refractivity contribution in [2.24, 2.45) is 0 Å². The van der Waals surface area contributed by atoms with Crippen LogP contribution in [0.25, 0.3) is 41.7 Å². The van der Waals surface area contributed by atoms with Gasteiger partial charge in [0.05, 0.1) is 33.1 Å². The topological polar surface area (TPSA) is 6.48 Å². The third-order valence-electron chi connectivity index (χ3n) is 9.03. The Bertz CT molecular complexity index is 2390. The van der Waals surface area contributed by atoms with Crippen LogP contribution in [0.3, 0.4) is 0 Å². The summed E-state index contributed by atoms with van der Waals surface area (Å²) in [4.78, 5) is 5.03. The molecule has 2 nitrogen and oxygen atoms in total. The van der Waals surface area contributed by atoms with Crippen molar-refractivity contribution in [3.05, 3.63) is 145 Å². The van der Waals surface area contributed by atoms with Crippen molar-refractivity contribution in [3.63, 3.8) is 0 Å². The summed E-state index contributed by atoms with van der Waals surface area (Å²) in [5, 5.41) is 7.69. The van der Waals surface area contributed by atoms with Gasteiger partial charge in [0, 0.05) is 31.9 Å². The number of para-hydroxylation sites is 1. The van der Waals surface area contributed by atoms with Crippen molar-refractivity contribution in [3.8, 4) is 0 Å². The van der Waals surface area contributed by atoms with E-state index in [0.29, 0.717) is 0 Å². The predicted molar refractivity (Wildman–Crippen MR) is 187 cm³/mol. The predicted octanol–water partition coefficient (Wildman–Crippen LogP) is 12.2. The summed E-state index contributed by atoms with van der Waals surface area (Å²) in [6, 6.07) is 49.1. The standard InChI is InChI=1S/C40H28N2S/c1-25-11-8-16-31-28(25)22-24-35-38(31)41(27-13-4-3-5-14-27)34-23-21-29-26(2)12-9-17-32(29)39(34)42(35)36-19-10-18-33-30-15-6-7-20-37(30)43-40(33)36/h3-24H,1-2H3. The first kappa shape index (κ1) is 24.5. The van der Waals surface area contributed by atoms with Crippen LogP contribution in [0, 0.1) is 13.8 Å². The molecule has 0 fully saturated rings. The number of aryl methyl sites for hydroxylation is 2. The molecular weight excluding hydrogens is 541 g/mol. The summed E-state index contributed by atoms with van der Waals surface area (Å²) < 4.78 is 2.62.